The van der Waals surface area contributed by atoms with Gasteiger partial charge in [-0.2, -0.15) is 13.2 Å². The van der Waals surface area contributed by atoms with Crippen molar-refractivity contribution in [3.05, 3.63) is 23.5 Å². The molecule has 0 aromatic heterocycles. The second-order valence-corrected chi connectivity index (χ2v) is 10.1. The van der Waals surface area contributed by atoms with E-state index in [0.717, 1.165) is 0 Å². The van der Waals surface area contributed by atoms with Gasteiger partial charge in [0.1, 0.15) is 10.2 Å². The van der Waals surface area contributed by atoms with E-state index in [0.29, 0.717) is 61.2 Å². The maximum absolute atomic E-state index is 14.5. The van der Waals surface area contributed by atoms with E-state index in [1.807, 2.05) is 6.92 Å². The van der Waals surface area contributed by atoms with Gasteiger partial charge in [0, 0.05) is 31.1 Å². The Bertz CT molecular complexity index is 797. The third-order valence-electron chi connectivity index (χ3n) is 5.66. The van der Waals surface area contributed by atoms with Gasteiger partial charge in [-0.1, -0.05) is 6.92 Å². The van der Waals surface area contributed by atoms with Crippen molar-refractivity contribution >= 4 is 46.6 Å². The predicted octanol–water partition coefficient (Wildman–Crippen LogP) is 5.41. The average molecular weight is 473 g/mol. The highest BCUT2D eigenvalue weighted by molar-refractivity contribution is 7.99. The molecule has 162 valence electrons. The first-order chi connectivity index (χ1) is 13.4. The van der Waals surface area contributed by atoms with Crippen molar-refractivity contribution in [2.75, 3.05) is 36.8 Å². The summed E-state index contributed by atoms with van der Waals surface area (Å²) < 4.78 is 51.1. The average Bonchev–Trinajstić information content (AvgIpc) is 3.22. The zero-order chi connectivity index (χ0) is 21.6. The summed E-state index contributed by atoms with van der Waals surface area (Å²) in [5, 5.41) is 0. The third-order valence-corrected chi connectivity index (χ3v) is 7.87. The lowest BCUT2D eigenvalue weighted by Crippen LogP contribution is -2.51. The van der Waals surface area contributed by atoms with E-state index in [9.17, 15) is 22.4 Å². The van der Waals surface area contributed by atoms with E-state index in [1.165, 1.54) is 12.1 Å². The van der Waals surface area contributed by atoms with Gasteiger partial charge in [0.25, 0.3) is 0 Å². The lowest BCUT2D eigenvalue weighted by Gasteiger charge is -2.38. The topological polar surface area (TPSA) is 23.6 Å². The van der Waals surface area contributed by atoms with Gasteiger partial charge in [0.15, 0.2) is 0 Å². The quantitative estimate of drug-likeness (QED) is 0.325. The van der Waals surface area contributed by atoms with Crippen LogP contribution in [0.25, 0.3) is 0 Å². The molecule has 29 heavy (non-hydrogen) atoms. The summed E-state index contributed by atoms with van der Waals surface area (Å²) in [4.78, 5) is 16.7. The Morgan fingerprint density at radius 2 is 1.79 bits per heavy atom. The molecule has 2 fully saturated rings. The first kappa shape index (κ1) is 22.8. The number of anilines is 1. The highest BCUT2D eigenvalue weighted by atomic mass is 35.5. The number of halogens is 6. The van der Waals surface area contributed by atoms with Gasteiger partial charge in [0.05, 0.1) is 16.9 Å². The number of rotatable bonds is 5. The molecule has 1 aliphatic heterocycles. The van der Waals surface area contributed by atoms with Crippen molar-refractivity contribution < 1.29 is 22.4 Å². The first-order valence-corrected chi connectivity index (χ1v) is 11.1. The van der Waals surface area contributed by atoms with Crippen molar-refractivity contribution in [1.29, 1.82) is 0 Å². The fourth-order valence-electron chi connectivity index (χ4n) is 3.75. The lowest BCUT2D eigenvalue weighted by molar-refractivity contribution is -0.137. The molecule has 1 aliphatic carbocycles. The van der Waals surface area contributed by atoms with Crippen LogP contribution in [0.3, 0.4) is 0 Å². The number of carbonyl (C=O) groups excluding carboxylic acids is 1. The maximum Gasteiger partial charge on any atom is 0.398 e. The summed E-state index contributed by atoms with van der Waals surface area (Å²) in [7, 11) is 0. The summed E-state index contributed by atoms with van der Waals surface area (Å²) in [5.41, 5.74) is -0.0315. The van der Waals surface area contributed by atoms with Crippen molar-refractivity contribution in [1.82, 2.24) is 4.90 Å². The number of piperazine rings is 1. The van der Waals surface area contributed by atoms with Crippen LogP contribution in [0.15, 0.2) is 17.0 Å². The standard InChI is InChI=1S/C19H22Cl2F4N2OS/c1-3-17(10-18(17,20)21)16(28)27-6-4-26(5-7-27)14-9-15(12(2)8-13(14)22)29-11-19(23,24)25/h8-9H,3-7,10-11H2,1-2H3. The Hall–Kier alpha value is -0.860. The number of amides is 1. The summed E-state index contributed by atoms with van der Waals surface area (Å²) in [6.45, 7) is 4.99. The molecule has 3 rings (SSSR count). The molecule has 3 nitrogen and oxygen atoms in total. The number of nitrogens with zero attached hydrogens (tertiary/aromatic N) is 2. The van der Waals surface area contributed by atoms with Crippen LogP contribution in [0.2, 0.25) is 0 Å². The Kier molecular flexibility index (Phi) is 6.30. The number of hydrogen-bond acceptors (Lipinski definition) is 3. The molecule has 1 unspecified atom stereocenters. The molecule has 1 saturated heterocycles. The highest BCUT2D eigenvalue weighted by Crippen LogP contribution is 2.66. The van der Waals surface area contributed by atoms with E-state index in [4.69, 9.17) is 23.2 Å². The van der Waals surface area contributed by atoms with Crippen LogP contribution in [0.4, 0.5) is 23.2 Å². The molecule has 0 bridgehead atoms. The zero-order valence-corrected chi connectivity index (χ0v) is 18.4. The summed E-state index contributed by atoms with van der Waals surface area (Å²) in [5.74, 6) is -1.60. The Morgan fingerprint density at radius 1 is 1.21 bits per heavy atom. The number of alkyl halides is 5. The van der Waals surface area contributed by atoms with E-state index in [2.05, 4.69) is 0 Å². The Morgan fingerprint density at radius 3 is 2.28 bits per heavy atom. The van der Waals surface area contributed by atoms with Crippen molar-refractivity contribution in [3.63, 3.8) is 0 Å². The highest BCUT2D eigenvalue weighted by Gasteiger charge is 2.70. The summed E-state index contributed by atoms with van der Waals surface area (Å²) >= 11 is 13.0. The largest absolute Gasteiger partial charge is 0.398 e. The summed E-state index contributed by atoms with van der Waals surface area (Å²) in [6.07, 6.45) is -3.33. The van der Waals surface area contributed by atoms with Gasteiger partial charge in [-0.25, -0.2) is 4.39 Å². The molecular weight excluding hydrogens is 451 g/mol. The Balaban J connectivity index is 1.68. The second-order valence-electron chi connectivity index (χ2n) is 7.57. The molecule has 1 saturated carbocycles. The lowest BCUT2D eigenvalue weighted by atomic mass is 10.0. The van der Waals surface area contributed by atoms with E-state index in [1.54, 1.807) is 16.7 Å². The molecule has 2 aliphatic rings. The van der Waals surface area contributed by atoms with E-state index < -0.39 is 27.5 Å². The maximum atomic E-state index is 14.5. The minimum Gasteiger partial charge on any atom is -0.366 e. The van der Waals surface area contributed by atoms with E-state index >= 15 is 0 Å². The fourth-order valence-corrected chi connectivity index (χ4v) is 5.44. The normalized spacial score (nSPS) is 24.0. The summed E-state index contributed by atoms with van der Waals surface area (Å²) in [6, 6.07) is 2.73. The smallest absolute Gasteiger partial charge is 0.366 e. The molecule has 1 aromatic carbocycles. The van der Waals surface area contributed by atoms with Crippen LogP contribution < -0.4 is 4.90 Å². The Labute approximate surface area is 181 Å². The van der Waals surface area contributed by atoms with Gasteiger partial charge in [-0.3, -0.25) is 4.79 Å². The number of benzene rings is 1. The molecule has 10 heteroatoms. The SMILES string of the molecule is CCC1(C(=O)N2CCN(c3cc(SCC(F)(F)F)c(C)cc3F)CC2)CC1(Cl)Cl. The first-order valence-electron chi connectivity index (χ1n) is 9.32. The molecule has 0 spiro atoms. The minimum atomic E-state index is -4.30. The van der Waals surface area contributed by atoms with Crippen LogP contribution in [0, 0.1) is 18.2 Å². The zero-order valence-electron chi connectivity index (χ0n) is 16.1. The molecule has 1 amide bonds. The number of carbonyl (C=O) groups is 1. The van der Waals surface area contributed by atoms with Crippen molar-refractivity contribution in [3.8, 4) is 0 Å². The molecule has 0 N–H and O–H groups in total. The van der Waals surface area contributed by atoms with Crippen LogP contribution in [0.5, 0.6) is 0 Å². The van der Waals surface area contributed by atoms with Crippen molar-refractivity contribution in [2.24, 2.45) is 5.41 Å². The number of aryl methyl sites for hydroxylation is 1. The number of thioether (sulfide) groups is 1. The minimum absolute atomic E-state index is 0.0875. The molecule has 0 radical (unpaired) electrons. The second kappa shape index (κ2) is 8.00. The van der Waals surface area contributed by atoms with Crippen LogP contribution in [-0.4, -0.2) is 53.2 Å². The van der Waals surface area contributed by atoms with Gasteiger partial charge < -0.3 is 9.80 Å². The van der Waals surface area contributed by atoms with Crippen molar-refractivity contribution in [2.45, 2.75) is 42.1 Å². The van der Waals surface area contributed by atoms with Gasteiger partial charge in [0.2, 0.25) is 5.91 Å². The monoisotopic (exact) mass is 472 g/mol. The van der Waals surface area contributed by atoms with Crippen LogP contribution >= 0.6 is 35.0 Å². The molecule has 1 heterocycles. The molecule has 1 aromatic rings. The van der Waals surface area contributed by atoms with Crippen LogP contribution in [-0.2, 0) is 4.79 Å². The fraction of sp³-hybridized carbons (Fsp3) is 0.632. The van der Waals surface area contributed by atoms with E-state index in [-0.39, 0.29) is 11.6 Å². The van der Waals surface area contributed by atoms with Crippen LogP contribution in [0.1, 0.15) is 25.3 Å². The third kappa shape index (κ3) is 4.59. The number of hydrogen-bond donors (Lipinski definition) is 0. The molecular formula is C19H22Cl2F4N2OS. The van der Waals surface area contributed by atoms with Gasteiger partial charge >= 0.3 is 6.18 Å². The molecule has 1 atom stereocenters. The van der Waals surface area contributed by atoms with Gasteiger partial charge in [-0.05, 0) is 37.5 Å². The predicted molar refractivity (Wildman–Crippen MR) is 108 cm³/mol. The van der Waals surface area contributed by atoms with Gasteiger partial charge in [-0.15, -0.1) is 35.0 Å².